The minimum Gasteiger partial charge on any atom is -0.481 e. The van der Waals surface area contributed by atoms with Gasteiger partial charge in [0, 0.05) is 17.4 Å². The third-order valence-electron chi connectivity index (χ3n) is 7.61. The normalized spacial score (nSPS) is 16.5. The van der Waals surface area contributed by atoms with Gasteiger partial charge in [-0.3, -0.25) is 29.0 Å². The van der Waals surface area contributed by atoms with Crippen LogP contribution in [0.5, 0.6) is 0 Å². The van der Waals surface area contributed by atoms with Crippen LogP contribution in [0.25, 0.3) is 0 Å². The molecule has 4 aromatic carbocycles. The van der Waals surface area contributed by atoms with Crippen molar-refractivity contribution in [3.8, 4) is 0 Å². The number of amides is 3. The summed E-state index contributed by atoms with van der Waals surface area (Å²) in [5, 5.41) is 10.2. The van der Waals surface area contributed by atoms with Gasteiger partial charge in [0.1, 0.15) is 12.0 Å². The Balaban J connectivity index is 1.72. The third-order valence-corrected chi connectivity index (χ3v) is 7.61. The van der Waals surface area contributed by atoms with E-state index in [-0.39, 0.29) is 18.4 Å². The van der Waals surface area contributed by atoms with E-state index in [0.717, 1.165) is 0 Å². The first-order valence-corrected chi connectivity index (χ1v) is 14.2. The van der Waals surface area contributed by atoms with Gasteiger partial charge in [-0.15, -0.1) is 0 Å². The van der Waals surface area contributed by atoms with E-state index < -0.39 is 36.2 Å². The Morgan fingerprint density at radius 1 is 0.744 bits per heavy atom. The highest BCUT2D eigenvalue weighted by Gasteiger charge is 2.55. The SMILES string of the molecule is CC(C)N(C(=O)CN1C(=O)C(CC(=O)O)(Cc2ccccc2)C(=O)N(c2ccccc2)c2ccccc21)c1ccccc1. The fourth-order valence-corrected chi connectivity index (χ4v) is 5.75. The zero-order valence-corrected chi connectivity index (χ0v) is 24.1. The maximum atomic E-state index is 14.9. The van der Waals surface area contributed by atoms with Gasteiger partial charge < -0.3 is 10.0 Å². The highest BCUT2D eigenvalue weighted by atomic mass is 16.4. The number of benzene rings is 4. The molecule has 8 heteroatoms. The molecule has 1 heterocycles. The maximum Gasteiger partial charge on any atom is 0.304 e. The summed E-state index contributed by atoms with van der Waals surface area (Å²) < 4.78 is 0. The summed E-state index contributed by atoms with van der Waals surface area (Å²) in [5.41, 5.74) is 0.463. The lowest BCUT2D eigenvalue weighted by Crippen LogP contribution is -2.55. The number of carbonyl (C=O) groups excluding carboxylic acids is 3. The van der Waals surface area contributed by atoms with Gasteiger partial charge in [-0.1, -0.05) is 78.9 Å². The van der Waals surface area contributed by atoms with Gasteiger partial charge in [-0.2, -0.15) is 0 Å². The quantitative estimate of drug-likeness (QED) is 0.253. The Morgan fingerprint density at radius 2 is 1.28 bits per heavy atom. The molecule has 4 aromatic rings. The second-order valence-corrected chi connectivity index (χ2v) is 10.9. The molecule has 0 aliphatic carbocycles. The molecule has 0 saturated carbocycles. The minimum atomic E-state index is -2.04. The van der Waals surface area contributed by atoms with Crippen molar-refractivity contribution < 1.29 is 24.3 Å². The lowest BCUT2D eigenvalue weighted by molar-refractivity contribution is -0.150. The number of aliphatic carboxylic acids is 1. The maximum absolute atomic E-state index is 14.9. The molecule has 0 fully saturated rings. The molecule has 0 radical (unpaired) electrons. The van der Waals surface area contributed by atoms with Crippen LogP contribution in [-0.4, -0.2) is 41.4 Å². The molecule has 0 spiro atoms. The zero-order valence-electron chi connectivity index (χ0n) is 24.1. The molecule has 5 rings (SSSR count). The average molecular weight is 576 g/mol. The van der Waals surface area contributed by atoms with E-state index in [2.05, 4.69) is 0 Å². The topological polar surface area (TPSA) is 98.2 Å². The molecule has 0 aromatic heterocycles. The summed E-state index contributed by atoms with van der Waals surface area (Å²) >= 11 is 0. The summed E-state index contributed by atoms with van der Waals surface area (Å²) in [4.78, 5) is 60.5. The van der Waals surface area contributed by atoms with Crippen LogP contribution in [0.15, 0.2) is 115 Å². The summed E-state index contributed by atoms with van der Waals surface area (Å²) in [6.45, 7) is 3.37. The van der Waals surface area contributed by atoms with Gasteiger partial charge in [0.15, 0.2) is 0 Å². The highest BCUT2D eigenvalue weighted by Crippen LogP contribution is 2.45. The van der Waals surface area contributed by atoms with E-state index in [0.29, 0.717) is 28.3 Å². The zero-order chi connectivity index (χ0) is 30.6. The molecule has 218 valence electrons. The number of hydrogen-bond acceptors (Lipinski definition) is 4. The van der Waals surface area contributed by atoms with Crippen LogP contribution in [-0.2, 0) is 25.6 Å². The van der Waals surface area contributed by atoms with Gasteiger partial charge in [0.2, 0.25) is 17.7 Å². The molecule has 3 amide bonds. The number of nitrogens with zero attached hydrogens (tertiary/aromatic N) is 3. The number of para-hydroxylation sites is 4. The van der Waals surface area contributed by atoms with Gasteiger partial charge >= 0.3 is 5.97 Å². The van der Waals surface area contributed by atoms with Crippen molar-refractivity contribution in [2.24, 2.45) is 5.41 Å². The molecule has 43 heavy (non-hydrogen) atoms. The van der Waals surface area contributed by atoms with Crippen LogP contribution in [0.1, 0.15) is 25.8 Å². The van der Waals surface area contributed by atoms with E-state index in [9.17, 15) is 24.3 Å². The Kier molecular flexibility index (Phi) is 8.39. The Labute approximate surface area is 250 Å². The summed E-state index contributed by atoms with van der Waals surface area (Å²) in [6, 6.07) is 33.5. The first-order valence-electron chi connectivity index (χ1n) is 14.2. The molecule has 8 nitrogen and oxygen atoms in total. The number of carbonyl (C=O) groups is 4. The van der Waals surface area contributed by atoms with Gasteiger partial charge in [-0.25, -0.2) is 0 Å². The minimum absolute atomic E-state index is 0.160. The Morgan fingerprint density at radius 3 is 1.86 bits per heavy atom. The lowest BCUT2D eigenvalue weighted by atomic mass is 9.75. The third kappa shape index (κ3) is 5.77. The average Bonchev–Trinajstić information content (AvgIpc) is 3.06. The van der Waals surface area contributed by atoms with E-state index in [4.69, 9.17) is 0 Å². The van der Waals surface area contributed by atoms with Gasteiger partial charge in [0.25, 0.3) is 0 Å². The Hall–Kier alpha value is -5.24. The number of fused-ring (bicyclic) bond motifs is 1. The summed E-state index contributed by atoms with van der Waals surface area (Å²) in [7, 11) is 0. The summed E-state index contributed by atoms with van der Waals surface area (Å²) in [5.74, 6) is -3.06. The number of hydrogen-bond donors (Lipinski definition) is 1. The van der Waals surface area contributed by atoms with Crippen molar-refractivity contribution >= 4 is 46.4 Å². The van der Waals surface area contributed by atoms with Crippen molar-refractivity contribution in [2.75, 3.05) is 21.2 Å². The van der Waals surface area contributed by atoms with E-state index >= 15 is 0 Å². The lowest BCUT2D eigenvalue weighted by Gasteiger charge is -2.35. The number of anilines is 4. The molecule has 1 aliphatic rings. The largest absolute Gasteiger partial charge is 0.481 e. The van der Waals surface area contributed by atoms with Crippen molar-refractivity contribution in [1.29, 1.82) is 0 Å². The van der Waals surface area contributed by atoms with Crippen LogP contribution >= 0.6 is 0 Å². The highest BCUT2D eigenvalue weighted by molar-refractivity contribution is 6.25. The smallest absolute Gasteiger partial charge is 0.304 e. The first-order chi connectivity index (χ1) is 20.7. The molecular formula is C35H33N3O5. The van der Waals surface area contributed by atoms with E-state index in [1.54, 1.807) is 77.7 Å². The van der Waals surface area contributed by atoms with Crippen molar-refractivity contribution in [2.45, 2.75) is 32.7 Å². The molecule has 0 saturated heterocycles. The van der Waals surface area contributed by atoms with Crippen molar-refractivity contribution in [1.82, 2.24) is 0 Å². The molecule has 1 N–H and O–H groups in total. The second-order valence-electron chi connectivity index (χ2n) is 10.9. The van der Waals surface area contributed by atoms with Crippen LogP contribution in [0.2, 0.25) is 0 Å². The second kappa shape index (κ2) is 12.3. The standard InChI is InChI=1S/C35H33N3O5/c1-25(2)37(27-16-8-4-9-17-27)31(39)24-36-29-20-12-13-21-30(29)38(28-18-10-5-11-19-28)34(43)35(33(36)42,23-32(40)41)22-26-14-6-3-7-15-26/h3-21,25H,22-24H2,1-2H3,(H,40,41). The fraction of sp³-hybridized carbons (Fsp3) is 0.200. The van der Waals surface area contributed by atoms with Gasteiger partial charge in [-0.05, 0) is 62.2 Å². The fourth-order valence-electron chi connectivity index (χ4n) is 5.75. The monoisotopic (exact) mass is 575 g/mol. The number of rotatable bonds is 9. The summed E-state index contributed by atoms with van der Waals surface area (Å²) in [6.07, 6.45) is -0.916. The number of carboxylic acids is 1. The molecule has 1 unspecified atom stereocenters. The van der Waals surface area contributed by atoms with Crippen LogP contribution in [0.3, 0.4) is 0 Å². The van der Waals surface area contributed by atoms with E-state index in [1.807, 2.05) is 56.3 Å². The molecule has 1 aliphatic heterocycles. The van der Waals surface area contributed by atoms with Crippen LogP contribution in [0.4, 0.5) is 22.7 Å². The molecule has 1 atom stereocenters. The van der Waals surface area contributed by atoms with E-state index in [1.165, 1.54) is 9.80 Å². The predicted molar refractivity (Wildman–Crippen MR) is 166 cm³/mol. The van der Waals surface area contributed by atoms with Crippen molar-refractivity contribution in [3.05, 3.63) is 121 Å². The van der Waals surface area contributed by atoms with Crippen molar-refractivity contribution in [3.63, 3.8) is 0 Å². The first kappa shape index (κ1) is 29.3. The van der Waals surface area contributed by atoms with Gasteiger partial charge in [0.05, 0.1) is 17.8 Å². The predicted octanol–water partition coefficient (Wildman–Crippen LogP) is 5.84. The number of carboxylic acid groups (broad SMARTS) is 1. The molecule has 0 bridgehead atoms. The Bertz CT molecular complexity index is 1630. The molecular weight excluding hydrogens is 542 g/mol. The van der Waals surface area contributed by atoms with Crippen LogP contribution < -0.4 is 14.7 Å². The van der Waals surface area contributed by atoms with Crippen LogP contribution in [0, 0.1) is 5.41 Å².